The number of nitrogens with one attached hydrogen (secondary N) is 1. The summed E-state index contributed by atoms with van der Waals surface area (Å²) in [5, 5.41) is 2.65. The lowest BCUT2D eigenvalue weighted by Gasteiger charge is -2.30. The largest absolute Gasteiger partial charge is 0.444 e. The number of Topliss-reactive ketones (excluding diaryl/α,β-unsaturated/α-hetero) is 1. The summed E-state index contributed by atoms with van der Waals surface area (Å²) >= 11 is 0. The number of carbonyl (C=O) groups is 2. The number of ether oxygens (including phenoxy) is 1. The van der Waals surface area contributed by atoms with Gasteiger partial charge >= 0.3 is 6.09 Å². The Labute approximate surface area is 114 Å². The molecule has 0 saturated carbocycles. The first-order chi connectivity index (χ1) is 8.65. The van der Waals surface area contributed by atoms with Crippen LogP contribution in [-0.4, -0.2) is 17.5 Å². The number of hydrogen-bond acceptors (Lipinski definition) is 3. The van der Waals surface area contributed by atoms with E-state index in [4.69, 9.17) is 4.74 Å². The highest BCUT2D eigenvalue weighted by Crippen LogP contribution is 2.22. The van der Waals surface area contributed by atoms with Crippen molar-refractivity contribution in [3.05, 3.63) is 35.9 Å². The van der Waals surface area contributed by atoms with Crippen LogP contribution in [0, 0.1) is 0 Å². The summed E-state index contributed by atoms with van der Waals surface area (Å²) in [4.78, 5) is 23.8. The third kappa shape index (κ3) is 4.09. The van der Waals surface area contributed by atoms with E-state index >= 15 is 0 Å². The third-order valence-electron chi connectivity index (χ3n) is 2.81. The van der Waals surface area contributed by atoms with Crippen LogP contribution in [0.3, 0.4) is 0 Å². The average molecular weight is 263 g/mol. The predicted molar refractivity (Wildman–Crippen MR) is 73.8 cm³/mol. The lowest BCUT2D eigenvalue weighted by atomic mass is 9.88. The van der Waals surface area contributed by atoms with Gasteiger partial charge in [-0.2, -0.15) is 0 Å². The summed E-state index contributed by atoms with van der Waals surface area (Å²) in [5.41, 5.74) is -0.949. The maximum Gasteiger partial charge on any atom is 0.408 e. The van der Waals surface area contributed by atoms with Crippen molar-refractivity contribution in [2.45, 2.75) is 45.8 Å². The number of amides is 1. The van der Waals surface area contributed by atoms with Gasteiger partial charge in [0.2, 0.25) is 0 Å². The zero-order valence-electron chi connectivity index (χ0n) is 12.1. The molecular formula is C15H21NO3. The molecule has 1 amide bonds. The molecule has 0 aromatic heterocycles. The summed E-state index contributed by atoms with van der Waals surface area (Å²) in [6.07, 6.45) is -0.603. The molecule has 4 heteroatoms. The van der Waals surface area contributed by atoms with Gasteiger partial charge in [-0.25, -0.2) is 4.79 Å². The fourth-order valence-corrected chi connectivity index (χ4v) is 1.64. The molecule has 19 heavy (non-hydrogen) atoms. The Balaban J connectivity index is 2.97. The summed E-state index contributed by atoms with van der Waals surface area (Å²) in [6.45, 7) is 8.46. The first-order valence-electron chi connectivity index (χ1n) is 6.23. The fourth-order valence-electron chi connectivity index (χ4n) is 1.64. The Morgan fingerprint density at radius 2 is 1.58 bits per heavy atom. The van der Waals surface area contributed by atoms with Gasteiger partial charge in [0.05, 0.1) is 0 Å². The Morgan fingerprint density at radius 1 is 1.05 bits per heavy atom. The molecule has 1 aromatic rings. The normalized spacial score (nSPS) is 14.4. The molecule has 1 aromatic carbocycles. The smallest absolute Gasteiger partial charge is 0.408 e. The van der Waals surface area contributed by atoms with E-state index < -0.39 is 17.2 Å². The zero-order chi connectivity index (χ0) is 14.7. The van der Waals surface area contributed by atoms with Crippen LogP contribution in [0.5, 0.6) is 0 Å². The van der Waals surface area contributed by atoms with Crippen molar-refractivity contribution in [2.75, 3.05) is 0 Å². The van der Waals surface area contributed by atoms with Gasteiger partial charge in [0.1, 0.15) is 11.1 Å². The first-order valence-corrected chi connectivity index (χ1v) is 6.23. The van der Waals surface area contributed by atoms with Gasteiger partial charge in [-0.1, -0.05) is 30.3 Å². The maximum atomic E-state index is 11.9. The minimum Gasteiger partial charge on any atom is -0.444 e. The molecule has 0 bridgehead atoms. The van der Waals surface area contributed by atoms with E-state index in [1.54, 1.807) is 39.8 Å². The number of benzene rings is 1. The molecule has 104 valence electrons. The molecule has 1 N–H and O–H groups in total. The quantitative estimate of drug-likeness (QED) is 0.912. The van der Waals surface area contributed by atoms with Crippen molar-refractivity contribution < 1.29 is 14.3 Å². The van der Waals surface area contributed by atoms with E-state index in [0.717, 1.165) is 5.56 Å². The second-order valence-corrected chi connectivity index (χ2v) is 5.67. The Bertz CT molecular complexity index is 462. The molecule has 0 aliphatic heterocycles. The number of hydrogen-bond donors (Lipinski definition) is 1. The molecule has 0 radical (unpaired) electrons. The van der Waals surface area contributed by atoms with Crippen LogP contribution >= 0.6 is 0 Å². The standard InChI is InChI=1S/C15H21NO3/c1-11(17)15(5,12-9-7-6-8-10-12)16-13(18)19-14(2,3)4/h6-10H,1-5H3,(H,16,18). The van der Waals surface area contributed by atoms with Gasteiger partial charge in [-0.05, 0) is 40.2 Å². The van der Waals surface area contributed by atoms with Crippen LogP contribution in [0.15, 0.2) is 30.3 Å². The van der Waals surface area contributed by atoms with Gasteiger partial charge in [0.15, 0.2) is 5.78 Å². The van der Waals surface area contributed by atoms with E-state index in [1.807, 2.05) is 18.2 Å². The monoisotopic (exact) mass is 263 g/mol. The summed E-state index contributed by atoms with van der Waals surface area (Å²) in [5.74, 6) is -0.149. The van der Waals surface area contributed by atoms with Crippen LogP contribution < -0.4 is 5.32 Å². The van der Waals surface area contributed by atoms with Crippen LogP contribution in [0.4, 0.5) is 4.79 Å². The van der Waals surface area contributed by atoms with E-state index in [1.165, 1.54) is 6.92 Å². The van der Waals surface area contributed by atoms with Crippen LogP contribution in [0.1, 0.15) is 40.2 Å². The molecule has 1 rings (SSSR count). The third-order valence-corrected chi connectivity index (χ3v) is 2.81. The molecule has 4 nitrogen and oxygen atoms in total. The highest BCUT2D eigenvalue weighted by Gasteiger charge is 2.35. The molecular weight excluding hydrogens is 242 g/mol. The zero-order valence-corrected chi connectivity index (χ0v) is 12.1. The molecule has 1 unspecified atom stereocenters. The minimum atomic E-state index is -1.08. The molecule has 0 aliphatic rings. The van der Waals surface area contributed by atoms with Crippen molar-refractivity contribution in [1.82, 2.24) is 5.32 Å². The number of ketones is 1. The van der Waals surface area contributed by atoms with Gasteiger partial charge in [-0.15, -0.1) is 0 Å². The Morgan fingerprint density at radius 3 is 2.00 bits per heavy atom. The van der Waals surface area contributed by atoms with Gasteiger partial charge in [0.25, 0.3) is 0 Å². The topological polar surface area (TPSA) is 55.4 Å². The SMILES string of the molecule is CC(=O)C(C)(NC(=O)OC(C)(C)C)c1ccccc1. The molecule has 0 spiro atoms. The first kappa shape index (κ1) is 15.2. The highest BCUT2D eigenvalue weighted by molar-refractivity contribution is 5.90. The van der Waals surface area contributed by atoms with E-state index in [0.29, 0.717) is 0 Å². The molecule has 0 fully saturated rings. The minimum absolute atomic E-state index is 0.149. The summed E-state index contributed by atoms with van der Waals surface area (Å²) < 4.78 is 5.20. The Kier molecular flexibility index (Phi) is 4.35. The van der Waals surface area contributed by atoms with E-state index in [9.17, 15) is 9.59 Å². The van der Waals surface area contributed by atoms with Gasteiger partial charge in [-0.3, -0.25) is 4.79 Å². The van der Waals surface area contributed by atoms with E-state index in [2.05, 4.69) is 5.32 Å². The van der Waals surface area contributed by atoms with Gasteiger partial charge < -0.3 is 10.1 Å². The fraction of sp³-hybridized carbons (Fsp3) is 0.467. The molecule has 0 aliphatic carbocycles. The molecule has 0 saturated heterocycles. The van der Waals surface area contributed by atoms with Crippen LogP contribution in [0.2, 0.25) is 0 Å². The predicted octanol–water partition coefficient (Wildman–Crippen LogP) is 3.02. The number of carbonyl (C=O) groups excluding carboxylic acids is 2. The lowest BCUT2D eigenvalue weighted by Crippen LogP contribution is -2.50. The number of rotatable bonds is 3. The van der Waals surface area contributed by atoms with Gasteiger partial charge in [0, 0.05) is 0 Å². The van der Waals surface area contributed by atoms with E-state index in [-0.39, 0.29) is 5.78 Å². The molecule has 0 heterocycles. The van der Waals surface area contributed by atoms with Crippen molar-refractivity contribution >= 4 is 11.9 Å². The van der Waals surface area contributed by atoms with Crippen molar-refractivity contribution in [2.24, 2.45) is 0 Å². The summed E-state index contributed by atoms with van der Waals surface area (Å²) in [7, 11) is 0. The van der Waals surface area contributed by atoms with Crippen LogP contribution in [0.25, 0.3) is 0 Å². The maximum absolute atomic E-state index is 11.9. The van der Waals surface area contributed by atoms with Crippen molar-refractivity contribution in [1.29, 1.82) is 0 Å². The Hall–Kier alpha value is -1.84. The highest BCUT2D eigenvalue weighted by atomic mass is 16.6. The lowest BCUT2D eigenvalue weighted by molar-refractivity contribution is -0.123. The second kappa shape index (κ2) is 5.43. The summed E-state index contributed by atoms with van der Waals surface area (Å²) in [6, 6.07) is 9.12. The average Bonchev–Trinajstić information content (AvgIpc) is 2.27. The second-order valence-electron chi connectivity index (χ2n) is 5.67. The molecule has 1 atom stereocenters. The van der Waals surface area contributed by atoms with Crippen molar-refractivity contribution in [3.8, 4) is 0 Å². The van der Waals surface area contributed by atoms with Crippen molar-refractivity contribution in [3.63, 3.8) is 0 Å². The van der Waals surface area contributed by atoms with Crippen LogP contribution in [-0.2, 0) is 15.1 Å². The number of alkyl carbamates (subject to hydrolysis) is 1.